The Bertz CT molecular complexity index is 509. The highest BCUT2D eigenvalue weighted by molar-refractivity contribution is 7.73. The van der Waals surface area contributed by atoms with Gasteiger partial charge in [-0.1, -0.05) is 6.08 Å². The van der Waals surface area contributed by atoms with Crippen LogP contribution >= 0.6 is 0 Å². The van der Waals surface area contributed by atoms with E-state index in [0.717, 1.165) is 0 Å². The molecule has 0 spiro atoms. The Balaban J connectivity index is 3.02. The zero-order valence-corrected chi connectivity index (χ0v) is 10.6. The number of hydrogen-bond donors (Lipinski definition) is 1. The van der Waals surface area contributed by atoms with E-state index in [1.165, 1.54) is 18.2 Å². The van der Waals surface area contributed by atoms with Gasteiger partial charge in [0, 0.05) is 0 Å². The molecule has 0 aliphatic heterocycles. The molecule has 0 bridgehead atoms. The lowest BCUT2D eigenvalue weighted by molar-refractivity contribution is -0.150. The maximum Gasteiger partial charge on any atom is 0.337 e. The summed E-state index contributed by atoms with van der Waals surface area (Å²) < 4.78 is 26.6. The molecular weight excluding hydrogens is 244 g/mol. The van der Waals surface area contributed by atoms with Gasteiger partial charge in [0.25, 0.3) is 0 Å². The van der Waals surface area contributed by atoms with Crippen LogP contribution in [0.25, 0.3) is 0 Å². The van der Waals surface area contributed by atoms with E-state index in [4.69, 9.17) is 4.74 Å². The van der Waals surface area contributed by atoms with Gasteiger partial charge in [0.15, 0.2) is 0 Å². The second-order valence-electron chi connectivity index (χ2n) is 4.52. The van der Waals surface area contributed by atoms with Crippen molar-refractivity contribution in [3.05, 3.63) is 23.8 Å². The number of allylic oxidation sites excluding steroid dienone is 2. The van der Waals surface area contributed by atoms with Gasteiger partial charge in [-0.05, 0) is 32.9 Å². The van der Waals surface area contributed by atoms with Crippen LogP contribution in [-0.4, -0.2) is 36.1 Å². The van der Waals surface area contributed by atoms with E-state index < -0.39 is 28.0 Å². The van der Waals surface area contributed by atoms with Crippen molar-refractivity contribution in [2.75, 3.05) is 0 Å². The molecule has 1 aliphatic carbocycles. The van der Waals surface area contributed by atoms with Crippen LogP contribution in [0.3, 0.4) is 0 Å². The highest BCUT2D eigenvalue weighted by atomic mass is 32.2. The average Bonchev–Trinajstić information content (AvgIpc) is 2.14. The van der Waals surface area contributed by atoms with Crippen molar-refractivity contribution in [3.63, 3.8) is 0 Å². The summed E-state index contributed by atoms with van der Waals surface area (Å²) in [6.45, 7) is 5.06. The topological polar surface area (TPSA) is 80.7 Å². The Morgan fingerprint density at radius 1 is 1.41 bits per heavy atom. The van der Waals surface area contributed by atoms with Gasteiger partial charge < -0.3 is 9.84 Å². The molecular formula is C11H14O5S. The van der Waals surface area contributed by atoms with Crippen LogP contribution in [0.2, 0.25) is 0 Å². The molecule has 0 aromatic carbocycles. The molecule has 0 amide bonds. The van der Waals surface area contributed by atoms with Crippen LogP contribution in [0.15, 0.2) is 23.8 Å². The molecule has 0 aromatic heterocycles. The zero-order valence-electron chi connectivity index (χ0n) is 9.80. The lowest BCUT2D eigenvalue weighted by Crippen LogP contribution is -2.33. The Kier molecular flexibility index (Phi) is 3.90. The summed E-state index contributed by atoms with van der Waals surface area (Å²) in [4.78, 5) is 11.5. The molecule has 0 heterocycles. The standard InChI is InChI=1S/C11H14O5S/c1-11(2,3)16-10(13)7-5-4-6-8(9(7)12)17(14)15/h4-6,9,12H,1-3H3. The van der Waals surface area contributed by atoms with Crippen molar-refractivity contribution in [1.82, 2.24) is 0 Å². The van der Waals surface area contributed by atoms with Gasteiger partial charge in [0.1, 0.15) is 16.6 Å². The second kappa shape index (κ2) is 4.85. The summed E-state index contributed by atoms with van der Waals surface area (Å²) in [6, 6.07) is 0. The zero-order chi connectivity index (χ0) is 13.2. The number of ether oxygens (including phenoxy) is 1. The van der Waals surface area contributed by atoms with E-state index in [-0.39, 0.29) is 10.4 Å². The molecule has 0 saturated heterocycles. The molecule has 1 rings (SSSR count). The van der Waals surface area contributed by atoms with Crippen LogP contribution in [0, 0.1) is 0 Å². The molecule has 1 N–H and O–H groups in total. The summed E-state index contributed by atoms with van der Waals surface area (Å²) in [6.07, 6.45) is 2.50. The Morgan fingerprint density at radius 2 is 2.00 bits per heavy atom. The molecule has 6 heteroatoms. The minimum atomic E-state index is -2.56. The van der Waals surface area contributed by atoms with E-state index in [0.29, 0.717) is 0 Å². The lowest BCUT2D eigenvalue weighted by atomic mass is 10.0. The fourth-order valence-corrected chi connectivity index (χ4v) is 1.74. The van der Waals surface area contributed by atoms with Crippen LogP contribution in [0.4, 0.5) is 0 Å². The summed E-state index contributed by atoms with van der Waals surface area (Å²) >= 11 is 0. The molecule has 5 nitrogen and oxygen atoms in total. The summed E-state index contributed by atoms with van der Waals surface area (Å²) in [5, 5.41) is 9.72. The van der Waals surface area contributed by atoms with Crippen LogP contribution in [0.5, 0.6) is 0 Å². The summed E-state index contributed by atoms with van der Waals surface area (Å²) in [7, 11) is -2.56. The quantitative estimate of drug-likeness (QED) is 0.538. The molecule has 1 unspecified atom stereocenters. The van der Waals surface area contributed by atoms with Crippen LogP contribution in [-0.2, 0) is 19.8 Å². The van der Waals surface area contributed by atoms with Gasteiger partial charge >= 0.3 is 5.97 Å². The van der Waals surface area contributed by atoms with Crippen molar-refractivity contribution in [2.45, 2.75) is 32.5 Å². The predicted molar refractivity (Wildman–Crippen MR) is 63.0 cm³/mol. The summed E-state index contributed by atoms with van der Waals surface area (Å²) in [5.41, 5.74) is -0.781. The number of aliphatic hydroxyl groups is 1. The first-order valence-electron chi connectivity index (χ1n) is 4.98. The summed E-state index contributed by atoms with van der Waals surface area (Å²) in [5.74, 6) is -0.725. The predicted octanol–water partition coefficient (Wildman–Crippen LogP) is 0.237. The smallest absolute Gasteiger partial charge is 0.337 e. The van der Waals surface area contributed by atoms with E-state index in [2.05, 4.69) is 0 Å². The SMILES string of the molecule is CC(C)(C)OC(=O)C1=CC=CC(=S(=O)=O)C1O. The maximum atomic E-state index is 11.7. The average molecular weight is 258 g/mol. The van der Waals surface area contributed by atoms with Crippen molar-refractivity contribution in [3.8, 4) is 0 Å². The fraction of sp³-hybridized carbons (Fsp3) is 0.455. The molecule has 1 atom stereocenters. The highest BCUT2D eigenvalue weighted by Gasteiger charge is 2.29. The lowest BCUT2D eigenvalue weighted by Gasteiger charge is -2.22. The van der Waals surface area contributed by atoms with E-state index in [9.17, 15) is 18.3 Å². The Labute approximate surface area is 101 Å². The van der Waals surface area contributed by atoms with Crippen LogP contribution in [0.1, 0.15) is 20.8 Å². The third-order valence-electron chi connectivity index (χ3n) is 1.93. The number of rotatable bonds is 1. The van der Waals surface area contributed by atoms with E-state index >= 15 is 0 Å². The monoisotopic (exact) mass is 258 g/mol. The number of carbonyl (C=O) groups is 1. The van der Waals surface area contributed by atoms with Crippen molar-refractivity contribution >= 4 is 21.1 Å². The van der Waals surface area contributed by atoms with Gasteiger partial charge in [-0.25, -0.2) is 4.79 Å². The first-order chi connectivity index (χ1) is 7.72. The first kappa shape index (κ1) is 13.7. The number of carbonyl (C=O) groups excluding carboxylic acids is 1. The minimum Gasteiger partial charge on any atom is -0.457 e. The number of hydrogen-bond acceptors (Lipinski definition) is 5. The largest absolute Gasteiger partial charge is 0.457 e. The third-order valence-corrected chi connectivity index (χ3v) is 2.67. The van der Waals surface area contributed by atoms with Crippen molar-refractivity contribution in [2.24, 2.45) is 0 Å². The molecule has 0 radical (unpaired) electrons. The van der Waals surface area contributed by atoms with Crippen molar-refractivity contribution < 1.29 is 23.1 Å². The van der Waals surface area contributed by atoms with Crippen molar-refractivity contribution in [1.29, 1.82) is 0 Å². The third kappa shape index (κ3) is 3.54. The van der Waals surface area contributed by atoms with Crippen LogP contribution < -0.4 is 0 Å². The van der Waals surface area contributed by atoms with Gasteiger partial charge in [-0.2, -0.15) is 8.42 Å². The highest BCUT2D eigenvalue weighted by Crippen LogP contribution is 2.17. The molecule has 17 heavy (non-hydrogen) atoms. The first-order valence-corrected chi connectivity index (χ1v) is 6.05. The second-order valence-corrected chi connectivity index (χ2v) is 5.46. The van der Waals surface area contributed by atoms with Gasteiger partial charge in [-0.15, -0.1) is 0 Å². The maximum absolute atomic E-state index is 11.7. The van der Waals surface area contributed by atoms with E-state index in [1.807, 2.05) is 0 Å². The fourth-order valence-electron chi connectivity index (χ4n) is 1.25. The molecule has 0 aromatic rings. The Morgan fingerprint density at radius 3 is 2.47 bits per heavy atom. The minimum absolute atomic E-state index is 0.0818. The Hall–Kier alpha value is -1.40. The van der Waals surface area contributed by atoms with Gasteiger partial charge in [0.2, 0.25) is 10.3 Å². The normalized spacial score (nSPS) is 19.9. The number of esters is 1. The molecule has 0 fully saturated rings. The van der Waals surface area contributed by atoms with Gasteiger partial charge in [-0.3, -0.25) is 0 Å². The number of aliphatic hydroxyl groups excluding tert-OH is 1. The molecule has 94 valence electrons. The molecule has 0 saturated carbocycles. The van der Waals surface area contributed by atoms with E-state index in [1.54, 1.807) is 20.8 Å². The molecule has 1 aliphatic rings. The van der Waals surface area contributed by atoms with Gasteiger partial charge in [0.05, 0.1) is 5.57 Å².